The molecular formula is C27H51FeN3O9. The van der Waals surface area contributed by atoms with E-state index in [1.807, 2.05) is 0 Å². The van der Waals surface area contributed by atoms with Gasteiger partial charge in [0.05, 0.1) is 0 Å². The Labute approximate surface area is 249 Å². The zero-order valence-electron chi connectivity index (χ0n) is 24.1. The van der Waals surface area contributed by atoms with E-state index in [-0.39, 0.29) is 71.9 Å². The molecule has 13 heteroatoms. The van der Waals surface area contributed by atoms with Gasteiger partial charge in [-0.15, -0.1) is 0 Å². The van der Waals surface area contributed by atoms with Crippen LogP contribution in [0.4, 0.5) is 0 Å². The third kappa shape index (κ3) is 45.4. The minimum atomic E-state index is -0.180. The maximum Gasteiger partial charge on any atom is 0.187 e. The molecule has 0 rings (SSSR count). The third-order valence-corrected chi connectivity index (χ3v) is 4.44. The molecule has 236 valence electrons. The van der Waals surface area contributed by atoms with E-state index in [0.29, 0.717) is 19.6 Å². The van der Waals surface area contributed by atoms with Gasteiger partial charge in [0.25, 0.3) is 0 Å². The van der Waals surface area contributed by atoms with E-state index >= 15 is 0 Å². The first kappa shape index (κ1) is 44.4. The molecule has 0 aliphatic rings. The van der Waals surface area contributed by atoms with E-state index in [0.717, 1.165) is 76.0 Å². The fourth-order valence-corrected chi connectivity index (χ4v) is 2.62. The van der Waals surface area contributed by atoms with Gasteiger partial charge in [-0.25, -0.2) is 0 Å². The molecule has 0 radical (unpaired) electrons. The molecule has 12 nitrogen and oxygen atoms in total. The van der Waals surface area contributed by atoms with Crippen molar-refractivity contribution in [1.82, 2.24) is 16.0 Å². The van der Waals surface area contributed by atoms with Crippen molar-refractivity contribution in [3.63, 3.8) is 0 Å². The van der Waals surface area contributed by atoms with Gasteiger partial charge in [-0.2, -0.15) is 0 Å². The molecule has 0 amide bonds. The first-order chi connectivity index (χ1) is 18.5. The molecule has 0 spiro atoms. The summed E-state index contributed by atoms with van der Waals surface area (Å²) in [6.45, 7) is 6.61. The van der Waals surface area contributed by atoms with Crippen LogP contribution in [0.15, 0.2) is 35.9 Å². The van der Waals surface area contributed by atoms with Gasteiger partial charge in [0.2, 0.25) is 0 Å². The van der Waals surface area contributed by atoms with E-state index < -0.39 is 0 Å². The van der Waals surface area contributed by atoms with Crippen LogP contribution < -0.4 is 16.0 Å². The van der Waals surface area contributed by atoms with Gasteiger partial charge >= 0.3 is 0 Å². The molecule has 0 aromatic heterocycles. The largest absolute Gasteiger partial charge is 0.495 e. The number of carbonyl (C=O) groups excluding carboxylic acids is 3. The summed E-state index contributed by atoms with van der Waals surface area (Å²) in [5.74, 6) is -0.800. The van der Waals surface area contributed by atoms with E-state index in [1.54, 1.807) is 0 Å². The Kier molecular flexibility index (Phi) is 38.3. The second-order valence-electron chi connectivity index (χ2n) is 8.55. The van der Waals surface area contributed by atoms with Crippen LogP contribution in [0.1, 0.15) is 78.6 Å². The average Bonchev–Trinajstić information content (AvgIpc) is 2.83. The number of aliphatic hydroxyl groups excluding tert-OH is 6. The summed E-state index contributed by atoms with van der Waals surface area (Å²) in [6, 6.07) is 0. The second kappa shape index (κ2) is 34.5. The summed E-state index contributed by atoms with van der Waals surface area (Å²) in [4.78, 5) is 31.4. The zero-order chi connectivity index (χ0) is 30.3. The molecule has 9 N–H and O–H groups in total. The number of carbonyl (C=O) groups is 3. The first-order valence-corrected chi connectivity index (χ1v) is 13.3. The van der Waals surface area contributed by atoms with Crippen LogP contribution in [0.3, 0.4) is 0 Å². The smallest absolute Gasteiger partial charge is 0.187 e. The van der Waals surface area contributed by atoms with Crippen molar-refractivity contribution in [2.75, 3.05) is 39.5 Å². The number of rotatable bonds is 21. The average molecular weight is 618 g/mol. The zero-order valence-corrected chi connectivity index (χ0v) is 25.2. The summed E-state index contributed by atoms with van der Waals surface area (Å²) < 4.78 is 0. The normalized spacial score (nSPS) is 11.1. The van der Waals surface area contributed by atoms with E-state index in [4.69, 9.17) is 30.6 Å². The number of allylic oxidation sites excluding steroid dienone is 3. The van der Waals surface area contributed by atoms with Crippen LogP contribution in [0.2, 0.25) is 0 Å². The van der Waals surface area contributed by atoms with Crippen LogP contribution >= 0.6 is 0 Å². The van der Waals surface area contributed by atoms with Crippen molar-refractivity contribution < 1.29 is 62.1 Å². The van der Waals surface area contributed by atoms with Crippen molar-refractivity contribution in [3.8, 4) is 0 Å². The number of hydrogen-bond donors (Lipinski definition) is 9. The van der Waals surface area contributed by atoms with Gasteiger partial charge < -0.3 is 46.6 Å². The molecule has 0 heterocycles. The fraction of sp³-hybridized carbons (Fsp3) is 0.667. The van der Waals surface area contributed by atoms with E-state index in [9.17, 15) is 14.4 Å². The molecule has 0 fully saturated rings. The maximum absolute atomic E-state index is 10.5. The fourth-order valence-electron chi connectivity index (χ4n) is 2.62. The second-order valence-corrected chi connectivity index (χ2v) is 8.55. The number of aliphatic hydroxyl groups is 6. The summed E-state index contributed by atoms with van der Waals surface area (Å²) in [7, 11) is 0. The summed E-state index contributed by atoms with van der Waals surface area (Å²) in [5, 5.41) is 60.6. The van der Waals surface area contributed by atoms with Gasteiger partial charge in [-0.05, 0) is 78.6 Å². The number of ketones is 3. The van der Waals surface area contributed by atoms with Gasteiger partial charge in [0.1, 0.15) is 0 Å². The Morgan fingerprint density at radius 1 is 0.475 bits per heavy atom. The molecule has 0 unspecified atom stereocenters. The number of nitrogens with one attached hydrogen (secondary N) is 3. The molecule has 0 aliphatic heterocycles. The Hall–Kier alpha value is -2.57. The Morgan fingerprint density at radius 3 is 0.875 bits per heavy atom. The molecule has 0 aliphatic carbocycles. The van der Waals surface area contributed by atoms with Gasteiger partial charge in [-0.3, -0.25) is 14.4 Å². The SMILES string of the molecule is CC(=O)C=C(O)NCCCCCO.CC(=O)C=C(O)NCCCCCO.CC(=O)C=C(O)NCCCCCO.[Fe]. The van der Waals surface area contributed by atoms with Crippen molar-refractivity contribution in [2.45, 2.75) is 78.6 Å². The van der Waals surface area contributed by atoms with Crippen molar-refractivity contribution in [2.24, 2.45) is 0 Å². The molecule has 0 saturated heterocycles. The Bertz CT molecular complexity index is 635. The van der Waals surface area contributed by atoms with Crippen LogP contribution in [0.5, 0.6) is 0 Å². The topological polar surface area (TPSA) is 209 Å². The molecule has 40 heavy (non-hydrogen) atoms. The molecule has 0 atom stereocenters. The standard InChI is InChI=1S/3C9H17NO3.Fe/c3*1-8(12)7-9(13)10-5-3-2-4-6-11;/h3*7,10-11,13H,2-6H2,1H3;. The molecule has 0 saturated carbocycles. The summed E-state index contributed by atoms with van der Waals surface area (Å²) in [5.41, 5.74) is 0. The van der Waals surface area contributed by atoms with Crippen molar-refractivity contribution in [1.29, 1.82) is 0 Å². The van der Waals surface area contributed by atoms with Gasteiger partial charge in [-0.1, -0.05) is 0 Å². The number of unbranched alkanes of at least 4 members (excludes halogenated alkanes) is 6. The minimum absolute atomic E-state index is 0. The quantitative estimate of drug-likeness (QED) is 0.0393. The number of hydrogen-bond acceptors (Lipinski definition) is 12. The summed E-state index contributed by atoms with van der Waals surface area (Å²) in [6.07, 6.45) is 11.1. The third-order valence-electron chi connectivity index (χ3n) is 4.44. The summed E-state index contributed by atoms with van der Waals surface area (Å²) >= 11 is 0. The van der Waals surface area contributed by atoms with E-state index in [2.05, 4.69) is 16.0 Å². The maximum atomic E-state index is 10.5. The van der Waals surface area contributed by atoms with Crippen LogP contribution in [-0.2, 0) is 31.5 Å². The minimum Gasteiger partial charge on any atom is -0.495 e. The molecule has 0 bridgehead atoms. The van der Waals surface area contributed by atoms with Crippen LogP contribution in [-0.4, -0.2) is 87.4 Å². The Balaban J connectivity index is -0.000000240. The van der Waals surface area contributed by atoms with Gasteiger partial charge in [0, 0.05) is 74.8 Å². The molecule has 0 aromatic rings. The van der Waals surface area contributed by atoms with Crippen molar-refractivity contribution in [3.05, 3.63) is 35.9 Å². The van der Waals surface area contributed by atoms with Crippen LogP contribution in [0, 0.1) is 0 Å². The predicted molar refractivity (Wildman–Crippen MR) is 151 cm³/mol. The van der Waals surface area contributed by atoms with Gasteiger partial charge in [0.15, 0.2) is 35.0 Å². The first-order valence-electron chi connectivity index (χ1n) is 13.3. The van der Waals surface area contributed by atoms with Crippen LogP contribution in [0.25, 0.3) is 0 Å². The molecular weight excluding hydrogens is 566 g/mol. The predicted octanol–water partition coefficient (Wildman–Crippen LogP) is 2.18. The van der Waals surface area contributed by atoms with E-state index in [1.165, 1.54) is 20.8 Å². The molecule has 0 aromatic carbocycles. The monoisotopic (exact) mass is 617 g/mol. The van der Waals surface area contributed by atoms with Crippen molar-refractivity contribution >= 4 is 17.3 Å². The Morgan fingerprint density at radius 2 is 0.700 bits per heavy atom.